The Balaban J connectivity index is 1.21. The second-order valence-corrected chi connectivity index (χ2v) is 10.2. The minimum absolute atomic E-state index is 0.0264. The first-order valence-corrected chi connectivity index (χ1v) is 13.2. The van der Waals surface area contributed by atoms with Crippen LogP contribution in [-0.4, -0.2) is 34.9 Å². The molecule has 5 heteroatoms. The van der Waals surface area contributed by atoms with Gasteiger partial charge in [0, 0.05) is 29.8 Å². The van der Waals surface area contributed by atoms with Crippen LogP contribution in [0.3, 0.4) is 0 Å². The summed E-state index contributed by atoms with van der Waals surface area (Å²) in [4.78, 5) is 15.7. The molecule has 192 valence electrons. The minimum Gasteiger partial charge on any atom is -0.440 e. The van der Waals surface area contributed by atoms with Crippen molar-refractivity contribution in [1.82, 2.24) is 4.90 Å². The molecule has 2 aliphatic heterocycles. The molecule has 0 aromatic heterocycles. The Hall–Kier alpha value is -3.93. The lowest BCUT2D eigenvalue weighted by Crippen LogP contribution is -2.48. The zero-order valence-corrected chi connectivity index (χ0v) is 21.4. The predicted molar refractivity (Wildman–Crippen MR) is 146 cm³/mol. The first-order chi connectivity index (χ1) is 18.5. The van der Waals surface area contributed by atoms with Crippen LogP contribution in [0.4, 0.5) is 0 Å². The SMILES string of the molecule is CC(C(=O)c1ccc2c(c1)OC(c1ccccc1)(c1ccccc1)O2)N1CCC(O)(c2ccccc2)CC1. The molecule has 1 fully saturated rings. The summed E-state index contributed by atoms with van der Waals surface area (Å²) in [5.41, 5.74) is 2.43. The Bertz CT molecular complexity index is 1370. The summed E-state index contributed by atoms with van der Waals surface area (Å²) in [5, 5.41) is 11.2. The van der Waals surface area contributed by atoms with Gasteiger partial charge in [0.2, 0.25) is 0 Å². The van der Waals surface area contributed by atoms with Crippen molar-refractivity contribution in [3.63, 3.8) is 0 Å². The van der Waals surface area contributed by atoms with E-state index in [2.05, 4.69) is 4.90 Å². The van der Waals surface area contributed by atoms with Crippen LogP contribution in [0.15, 0.2) is 109 Å². The second-order valence-electron chi connectivity index (χ2n) is 10.2. The highest BCUT2D eigenvalue weighted by atomic mass is 16.7. The highest BCUT2D eigenvalue weighted by Crippen LogP contribution is 2.48. The van der Waals surface area contributed by atoms with E-state index in [1.54, 1.807) is 6.07 Å². The number of piperidine rings is 1. The first kappa shape index (κ1) is 24.4. The molecule has 0 amide bonds. The zero-order chi connectivity index (χ0) is 26.2. The summed E-state index contributed by atoms with van der Waals surface area (Å²) in [7, 11) is 0. The molecule has 1 N–H and O–H groups in total. The van der Waals surface area contributed by atoms with Gasteiger partial charge in [0.1, 0.15) is 0 Å². The van der Waals surface area contributed by atoms with Crippen LogP contribution in [-0.2, 0) is 11.4 Å². The van der Waals surface area contributed by atoms with E-state index in [1.807, 2.05) is 110 Å². The molecule has 4 aromatic carbocycles. The number of rotatable bonds is 6. The molecular weight excluding hydrogens is 474 g/mol. The number of carbonyl (C=O) groups excluding carboxylic acids is 1. The lowest BCUT2D eigenvalue weighted by molar-refractivity contribution is -0.0459. The van der Waals surface area contributed by atoms with Gasteiger partial charge < -0.3 is 14.6 Å². The number of hydrogen-bond acceptors (Lipinski definition) is 5. The van der Waals surface area contributed by atoms with Crippen LogP contribution in [0.2, 0.25) is 0 Å². The molecule has 0 aliphatic carbocycles. The average Bonchev–Trinajstić information content (AvgIpc) is 3.38. The second kappa shape index (κ2) is 9.75. The van der Waals surface area contributed by atoms with Crippen LogP contribution in [0, 0.1) is 0 Å². The summed E-state index contributed by atoms with van der Waals surface area (Å²) in [6, 6.07) is 34.7. The van der Waals surface area contributed by atoms with Crippen molar-refractivity contribution >= 4 is 5.78 Å². The number of ketones is 1. The lowest BCUT2D eigenvalue weighted by Gasteiger charge is -2.40. The predicted octanol–water partition coefficient (Wildman–Crippen LogP) is 5.91. The summed E-state index contributed by atoms with van der Waals surface area (Å²) >= 11 is 0. The van der Waals surface area contributed by atoms with Crippen LogP contribution >= 0.6 is 0 Å². The van der Waals surface area contributed by atoms with E-state index in [0.29, 0.717) is 43.0 Å². The third kappa shape index (κ3) is 4.28. The lowest BCUT2D eigenvalue weighted by atomic mass is 9.84. The Morgan fingerprint density at radius 3 is 1.79 bits per heavy atom. The van der Waals surface area contributed by atoms with E-state index in [1.165, 1.54) is 0 Å². The molecule has 4 aromatic rings. The van der Waals surface area contributed by atoms with Crippen molar-refractivity contribution in [2.75, 3.05) is 13.1 Å². The number of ether oxygens (including phenoxy) is 2. The quantitative estimate of drug-likeness (QED) is 0.330. The Morgan fingerprint density at radius 1 is 0.737 bits per heavy atom. The summed E-state index contributed by atoms with van der Waals surface area (Å²) in [6.45, 7) is 3.24. The van der Waals surface area contributed by atoms with E-state index in [0.717, 1.165) is 16.7 Å². The Kier molecular flexibility index (Phi) is 6.26. The van der Waals surface area contributed by atoms with Crippen LogP contribution in [0.25, 0.3) is 0 Å². The maximum absolute atomic E-state index is 13.6. The number of likely N-dealkylation sites (tertiary alicyclic amines) is 1. The maximum atomic E-state index is 13.6. The number of benzene rings is 4. The fourth-order valence-corrected chi connectivity index (χ4v) is 5.60. The highest BCUT2D eigenvalue weighted by Gasteiger charge is 2.45. The fourth-order valence-electron chi connectivity index (χ4n) is 5.60. The van der Waals surface area contributed by atoms with Gasteiger partial charge in [-0.05, 0) is 43.5 Å². The van der Waals surface area contributed by atoms with Gasteiger partial charge in [0.25, 0.3) is 0 Å². The van der Waals surface area contributed by atoms with Gasteiger partial charge in [-0.3, -0.25) is 9.69 Å². The molecule has 2 heterocycles. The molecule has 38 heavy (non-hydrogen) atoms. The number of nitrogens with zero attached hydrogens (tertiary/aromatic N) is 1. The summed E-state index contributed by atoms with van der Waals surface area (Å²) in [6.07, 6.45) is 1.18. The standard InChI is InChI=1S/C33H31NO4/c1-24(34-21-19-32(36,20-22-34)26-11-5-2-6-12-26)31(35)25-17-18-29-30(23-25)38-33(37-29,27-13-7-3-8-14-27)28-15-9-4-10-16-28/h2-18,23-24,36H,19-22H2,1H3. The third-order valence-corrected chi connectivity index (χ3v) is 7.91. The van der Waals surface area contributed by atoms with Crippen molar-refractivity contribution in [3.8, 4) is 11.5 Å². The molecule has 1 unspecified atom stereocenters. The van der Waals surface area contributed by atoms with Crippen molar-refractivity contribution in [2.24, 2.45) is 0 Å². The molecule has 1 atom stereocenters. The van der Waals surface area contributed by atoms with Crippen molar-refractivity contribution in [3.05, 3.63) is 131 Å². The molecule has 2 aliphatic rings. The van der Waals surface area contributed by atoms with Crippen molar-refractivity contribution < 1.29 is 19.4 Å². The van der Waals surface area contributed by atoms with Gasteiger partial charge in [-0.1, -0.05) is 91.0 Å². The molecule has 5 nitrogen and oxygen atoms in total. The van der Waals surface area contributed by atoms with Crippen molar-refractivity contribution in [1.29, 1.82) is 0 Å². The Morgan fingerprint density at radius 2 is 1.24 bits per heavy atom. The number of hydrogen-bond donors (Lipinski definition) is 1. The van der Waals surface area contributed by atoms with E-state index >= 15 is 0 Å². The van der Waals surface area contributed by atoms with E-state index < -0.39 is 11.4 Å². The van der Waals surface area contributed by atoms with Gasteiger partial charge in [0.05, 0.1) is 11.6 Å². The van der Waals surface area contributed by atoms with Gasteiger partial charge >= 0.3 is 5.79 Å². The van der Waals surface area contributed by atoms with Crippen molar-refractivity contribution in [2.45, 2.75) is 37.2 Å². The topological polar surface area (TPSA) is 59.0 Å². The monoisotopic (exact) mass is 505 g/mol. The van der Waals surface area contributed by atoms with Crippen LogP contribution in [0.5, 0.6) is 11.5 Å². The first-order valence-electron chi connectivity index (χ1n) is 13.2. The molecular formula is C33H31NO4. The average molecular weight is 506 g/mol. The summed E-state index contributed by atoms with van der Waals surface area (Å²) < 4.78 is 13.0. The van der Waals surface area contributed by atoms with Gasteiger partial charge in [-0.2, -0.15) is 0 Å². The number of carbonyl (C=O) groups is 1. The molecule has 0 bridgehead atoms. The van der Waals surface area contributed by atoms with Crippen LogP contribution in [0.1, 0.15) is 46.8 Å². The number of Topliss-reactive ketones (excluding diaryl/α,β-unsaturated/α-hetero) is 1. The van der Waals surface area contributed by atoms with Gasteiger partial charge in [-0.25, -0.2) is 0 Å². The van der Waals surface area contributed by atoms with Gasteiger partial charge in [-0.15, -0.1) is 0 Å². The zero-order valence-electron chi connectivity index (χ0n) is 21.4. The van der Waals surface area contributed by atoms with E-state index in [-0.39, 0.29) is 11.8 Å². The molecule has 6 rings (SSSR count). The van der Waals surface area contributed by atoms with Gasteiger partial charge in [0.15, 0.2) is 17.3 Å². The highest BCUT2D eigenvalue weighted by molar-refractivity contribution is 6.00. The number of aliphatic hydroxyl groups is 1. The smallest absolute Gasteiger partial charge is 0.305 e. The molecule has 0 radical (unpaired) electrons. The largest absolute Gasteiger partial charge is 0.440 e. The number of fused-ring (bicyclic) bond motifs is 1. The molecule has 1 saturated heterocycles. The van der Waals surface area contributed by atoms with Crippen LogP contribution < -0.4 is 9.47 Å². The summed E-state index contributed by atoms with van der Waals surface area (Å²) in [5.74, 6) is 0.0616. The fraction of sp³-hybridized carbons (Fsp3) is 0.242. The minimum atomic E-state index is -1.12. The van der Waals surface area contributed by atoms with E-state index in [9.17, 15) is 9.90 Å². The maximum Gasteiger partial charge on any atom is 0.305 e. The molecule has 0 saturated carbocycles. The van der Waals surface area contributed by atoms with E-state index in [4.69, 9.17) is 9.47 Å². The normalized spacial score (nSPS) is 18.6. The Labute approximate surface area is 223 Å². The third-order valence-electron chi connectivity index (χ3n) is 7.91. The molecule has 0 spiro atoms.